The third-order valence-corrected chi connectivity index (χ3v) is 5.71. The van der Waals surface area contributed by atoms with E-state index in [1.807, 2.05) is 13.8 Å². The van der Waals surface area contributed by atoms with E-state index in [2.05, 4.69) is 5.32 Å². The zero-order valence-electron chi connectivity index (χ0n) is 16.6. The van der Waals surface area contributed by atoms with E-state index in [0.717, 1.165) is 4.31 Å². The Kier molecular flexibility index (Phi) is 7.98. The van der Waals surface area contributed by atoms with Crippen molar-refractivity contribution in [1.82, 2.24) is 4.31 Å². The van der Waals surface area contributed by atoms with Gasteiger partial charge in [-0.05, 0) is 43.7 Å². The molecular formula is C20H25FN2O5S. The zero-order valence-corrected chi connectivity index (χ0v) is 17.5. The first-order valence-corrected chi connectivity index (χ1v) is 10.7. The van der Waals surface area contributed by atoms with E-state index in [1.54, 1.807) is 18.2 Å². The molecule has 9 heteroatoms. The highest BCUT2D eigenvalue weighted by atomic mass is 32.2. The Bertz CT molecular complexity index is 932. The number of nitrogens with zero attached hydrogens (tertiary/aromatic N) is 1. The third kappa shape index (κ3) is 6.72. The molecule has 2 aromatic rings. The summed E-state index contributed by atoms with van der Waals surface area (Å²) in [5.74, 6) is -0.215. The zero-order chi connectivity index (χ0) is 21.4. The second-order valence-corrected chi connectivity index (χ2v) is 8.29. The molecule has 0 aliphatic rings. The van der Waals surface area contributed by atoms with Gasteiger partial charge in [0.15, 0.2) is 11.5 Å². The summed E-state index contributed by atoms with van der Waals surface area (Å²) in [5, 5.41) is 2.65. The molecule has 158 valence electrons. The number of likely N-dealkylation sites (N-methyl/N-ethyl adjacent to an activating group) is 1. The molecule has 0 unspecified atom stereocenters. The summed E-state index contributed by atoms with van der Waals surface area (Å²) in [5.41, 5.74) is 0.901. The highest BCUT2D eigenvalue weighted by molar-refractivity contribution is 7.88. The van der Waals surface area contributed by atoms with Gasteiger partial charge in [0.2, 0.25) is 15.9 Å². The molecule has 0 spiro atoms. The monoisotopic (exact) mass is 424 g/mol. The number of carbonyl (C=O) groups excluding carboxylic acids is 1. The second kappa shape index (κ2) is 10.2. The normalized spacial score (nSPS) is 11.3. The maximum absolute atomic E-state index is 13.0. The van der Waals surface area contributed by atoms with E-state index in [-0.39, 0.29) is 12.3 Å². The minimum absolute atomic E-state index is 0.325. The van der Waals surface area contributed by atoms with Crippen LogP contribution in [0.15, 0.2) is 42.5 Å². The van der Waals surface area contributed by atoms with Crippen LogP contribution in [0.5, 0.6) is 11.5 Å². The van der Waals surface area contributed by atoms with Gasteiger partial charge in [0.25, 0.3) is 0 Å². The summed E-state index contributed by atoms with van der Waals surface area (Å²) in [4.78, 5) is 12.3. The largest absolute Gasteiger partial charge is 0.490 e. The molecule has 1 N–H and O–H groups in total. The van der Waals surface area contributed by atoms with E-state index in [4.69, 9.17) is 9.47 Å². The maximum atomic E-state index is 13.0. The molecule has 7 nitrogen and oxygen atoms in total. The summed E-state index contributed by atoms with van der Waals surface area (Å²) < 4.78 is 49.8. The fourth-order valence-corrected chi connectivity index (χ4v) is 3.68. The highest BCUT2D eigenvalue weighted by Crippen LogP contribution is 2.30. The van der Waals surface area contributed by atoms with Gasteiger partial charge in [-0.15, -0.1) is 0 Å². The SMILES string of the molecule is CCOc1ccc(NC(=O)CN(C)S(=O)(=O)Cc2ccc(F)cc2)cc1OCC. The van der Waals surface area contributed by atoms with Gasteiger partial charge in [-0.2, -0.15) is 4.31 Å². The number of anilines is 1. The van der Waals surface area contributed by atoms with Crippen molar-refractivity contribution in [2.45, 2.75) is 19.6 Å². The minimum Gasteiger partial charge on any atom is -0.490 e. The number of ether oxygens (including phenoxy) is 2. The molecule has 29 heavy (non-hydrogen) atoms. The van der Waals surface area contributed by atoms with Gasteiger partial charge >= 0.3 is 0 Å². The Labute approximate surface area is 170 Å². The first-order chi connectivity index (χ1) is 13.7. The van der Waals surface area contributed by atoms with Crippen molar-refractivity contribution in [2.75, 3.05) is 32.1 Å². The number of nitrogens with one attached hydrogen (secondary N) is 1. The lowest BCUT2D eigenvalue weighted by Gasteiger charge is -2.17. The minimum atomic E-state index is -3.74. The first-order valence-electron chi connectivity index (χ1n) is 9.13. The number of hydrogen-bond acceptors (Lipinski definition) is 5. The maximum Gasteiger partial charge on any atom is 0.239 e. The Hall–Kier alpha value is -2.65. The van der Waals surface area contributed by atoms with Crippen molar-refractivity contribution < 1.29 is 27.1 Å². The number of amides is 1. The first kappa shape index (κ1) is 22.6. The lowest BCUT2D eigenvalue weighted by Crippen LogP contribution is -2.35. The molecule has 0 heterocycles. The van der Waals surface area contributed by atoms with Crippen molar-refractivity contribution in [3.05, 3.63) is 53.8 Å². The predicted octanol–water partition coefficient (Wildman–Crippen LogP) is 3.02. The van der Waals surface area contributed by atoms with Crippen LogP contribution in [-0.4, -0.2) is 45.4 Å². The predicted molar refractivity (Wildman–Crippen MR) is 109 cm³/mol. The average Bonchev–Trinajstić information content (AvgIpc) is 2.66. The molecule has 0 aromatic heterocycles. The fraction of sp³-hybridized carbons (Fsp3) is 0.350. The number of hydrogen-bond donors (Lipinski definition) is 1. The molecule has 0 radical (unpaired) electrons. The molecule has 0 saturated carbocycles. The third-order valence-electron chi connectivity index (χ3n) is 3.93. The Balaban J connectivity index is 2.01. The van der Waals surface area contributed by atoms with Gasteiger partial charge < -0.3 is 14.8 Å². The van der Waals surface area contributed by atoms with E-state index < -0.39 is 21.7 Å². The van der Waals surface area contributed by atoms with Crippen molar-refractivity contribution in [3.63, 3.8) is 0 Å². The van der Waals surface area contributed by atoms with Crippen LogP contribution in [0.3, 0.4) is 0 Å². The summed E-state index contributed by atoms with van der Waals surface area (Å²) in [6.45, 7) is 4.24. The van der Waals surface area contributed by atoms with Gasteiger partial charge in [-0.3, -0.25) is 4.79 Å². The summed E-state index contributed by atoms with van der Waals surface area (Å²) in [7, 11) is -2.42. The number of benzene rings is 2. The van der Waals surface area contributed by atoms with Crippen molar-refractivity contribution in [2.24, 2.45) is 0 Å². The van der Waals surface area contributed by atoms with Crippen LogP contribution in [-0.2, 0) is 20.6 Å². The number of carbonyl (C=O) groups is 1. The van der Waals surface area contributed by atoms with Crippen LogP contribution < -0.4 is 14.8 Å². The van der Waals surface area contributed by atoms with Crippen LogP contribution >= 0.6 is 0 Å². The molecule has 2 aromatic carbocycles. The lowest BCUT2D eigenvalue weighted by atomic mass is 10.2. The lowest BCUT2D eigenvalue weighted by molar-refractivity contribution is -0.116. The highest BCUT2D eigenvalue weighted by Gasteiger charge is 2.21. The van der Waals surface area contributed by atoms with E-state index in [9.17, 15) is 17.6 Å². The molecule has 0 atom stereocenters. The Morgan fingerprint density at radius 2 is 1.66 bits per heavy atom. The standard InChI is InChI=1S/C20H25FN2O5S/c1-4-27-18-11-10-17(12-19(18)28-5-2)22-20(24)13-23(3)29(25,26)14-15-6-8-16(21)9-7-15/h6-12H,4-5,13-14H2,1-3H3,(H,22,24). The smallest absolute Gasteiger partial charge is 0.239 e. The van der Waals surface area contributed by atoms with E-state index in [1.165, 1.54) is 31.3 Å². The topological polar surface area (TPSA) is 84.9 Å². The van der Waals surface area contributed by atoms with Crippen LogP contribution in [0.4, 0.5) is 10.1 Å². The summed E-state index contributed by atoms with van der Waals surface area (Å²) >= 11 is 0. The average molecular weight is 424 g/mol. The molecule has 0 fully saturated rings. The number of rotatable bonds is 10. The summed E-state index contributed by atoms with van der Waals surface area (Å²) in [6.07, 6.45) is 0. The van der Waals surface area contributed by atoms with Crippen LogP contribution in [0, 0.1) is 5.82 Å². The molecule has 2 rings (SSSR count). The molecule has 0 saturated heterocycles. The van der Waals surface area contributed by atoms with Gasteiger partial charge in [0, 0.05) is 18.8 Å². The molecule has 0 aliphatic carbocycles. The van der Waals surface area contributed by atoms with Crippen LogP contribution in [0.25, 0.3) is 0 Å². The van der Waals surface area contributed by atoms with E-state index in [0.29, 0.717) is 36.0 Å². The number of halogens is 1. The summed E-state index contributed by atoms with van der Waals surface area (Å²) in [6, 6.07) is 10.1. The van der Waals surface area contributed by atoms with Crippen molar-refractivity contribution >= 4 is 21.6 Å². The second-order valence-electron chi connectivity index (χ2n) is 6.21. The van der Waals surface area contributed by atoms with Crippen LogP contribution in [0.1, 0.15) is 19.4 Å². The Morgan fingerprint density at radius 3 is 2.28 bits per heavy atom. The van der Waals surface area contributed by atoms with Crippen molar-refractivity contribution in [3.8, 4) is 11.5 Å². The fourth-order valence-electron chi connectivity index (χ4n) is 2.53. The van der Waals surface area contributed by atoms with Gasteiger partial charge in [-0.25, -0.2) is 12.8 Å². The van der Waals surface area contributed by atoms with Crippen LogP contribution in [0.2, 0.25) is 0 Å². The van der Waals surface area contributed by atoms with Crippen molar-refractivity contribution in [1.29, 1.82) is 0 Å². The number of sulfonamides is 1. The molecule has 1 amide bonds. The van der Waals surface area contributed by atoms with Gasteiger partial charge in [-0.1, -0.05) is 12.1 Å². The van der Waals surface area contributed by atoms with E-state index >= 15 is 0 Å². The van der Waals surface area contributed by atoms with Gasteiger partial charge in [0.1, 0.15) is 5.82 Å². The quantitative estimate of drug-likeness (QED) is 0.634. The molecule has 0 bridgehead atoms. The van der Waals surface area contributed by atoms with Gasteiger partial charge in [0.05, 0.1) is 25.5 Å². The molecular weight excluding hydrogens is 399 g/mol. The Morgan fingerprint density at radius 1 is 1.03 bits per heavy atom. The molecule has 0 aliphatic heterocycles.